The van der Waals surface area contributed by atoms with Gasteiger partial charge in [-0.3, -0.25) is 0 Å². The van der Waals surface area contributed by atoms with E-state index in [0.29, 0.717) is 16.7 Å². The summed E-state index contributed by atoms with van der Waals surface area (Å²) in [6.07, 6.45) is 1.32. The minimum Gasteiger partial charge on any atom is -0.508 e. The number of nitrogens with zero attached hydrogens (tertiary/aromatic N) is 1. The van der Waals surface area contributed by atoms with Crippen molar-refractivity contribution in [3.63, 3.8) is 0 Å². The highest BCUT2D eigenvalue weighted by molar-refractivity contribution is 6.04. The minimum absolute atomic E-state index is 0.0774. The Morgan fingerprint density at radius 1 is 1.00 bits per heavy atom. The second-order valence-corrected chi connectivity index (χ2v) is 3.33. The minimum atomic E-state index is 0.0774. The zero-order valence-electron chi connectivity index (χ0n) is 7.64. The number of phenolic OH excluding ortho intramolecular Hbond substituents is 1. The van der Waals surface area contributed by atoms with Crippen molar-refractivity contribution in [3.8, 4) is 11.5 Å². The van der Waals surface area contributed by atoms with E-state index in [1.807, 2.05) is 0 Å². The standard InChI is InChI=1S/C11H7NO3/c13-6-1-2-10-8(3-6)9-4-7(14)5-12-11(9)15-10/h1-5,13-14H. The number of pyridine rings is 1. The molecule has 0 aliphatic heterocycles. The molecule has 0 aliphatic rings. The lowest BCUT2D eigenvalue weighted by atomic mass is 10.2. The van der Waals surface area contributed by atoms with Gasteiger partial charge < -0.3 is 14.6 Å². The molecule has 0 bridgehead atoms. The van der Waals surface area contributed by atoms with E-state index in [9.17, 15) is 10.2 Å². The number of benzene rings is 1. The Labute approximate surface area is 84.4 Å². The summed E-state index contributed by atoms with van der Waals surface area (Å²) in [7, 11) is 0. The number of aromatic hydroxyl groups is 2. The summed E-state index contributed by atoms with van der Waals surface area (Å²) in [5, 5.41) is 20.1. The summed E-state index contributed by atoms with van der Waals surface area (Å²) in [6.45, 7) is 0. The van der Waals surface area contributed by atoms with Gasteiger partial charge in [-0.05, 0) is 24.3 Å². The van der Waals surface area contributed by atoms with E-state index in [1.54, 1.807) is 24.3 Å². The monoisotopic (exact) mass is 201 g/mol. The predicted molar refractivity (Wildman–Crippen MR) is 54.8 cm³/mol. The number of fused-ring (bicyclic) bond motifs is 3. The average Bonchev–Trinajstić information content (AvgIpc) is 2.56. The van der Waals surface area contributed by atoms with Crippen LogP contribution >= 0.6 is 0 Å². The normalized spacial score (nSPS) is 11.2. The first-order valence-electron chi connectivity index (χ1n) is 4.44. The smallest absolute Gasteiger partial charge is 0.227 e. The quantitative estimate of drug-likeness (QED) is 0.586. The molecular formula is C11H7NO3. The fourth-order valence-corrected chi connectivity index (χ4v) is 1.64. The number of hydrogen-bond donors (Lipinski definition) is 2. The molecule has 0 spiro atoms. The van der Waals surface area contributed by atoms with E-state index in [0.717, 1.165) is 5.39 Å². The van der Waals surface area contributed by atoms with Crippen LogP contribution in [0.25, 0.3) is 22.1 Å². The summed E-state index contributed by atoms with van der Waals surface area (Å²) in [6, 6.07) is 6.36. The van der Waals surface area contributed by atoms with E-state index in [1.165, 1.54) is 6.20 Å². The Hall–Kier alpha value is -2.23. The lowest BCUT2D eigenvalue weighted by molar-refractivity contribution is 0.473. The van der Waals surface area contributed by atoms with Gasteiger partial charge in [0.15, 0.2) is 0 Å². The van der Waals surface area contributed by atoms with Crippen LogP contribution in [0.5, 0.6) is 11.5 Å². The van der Waals surface area contributed by atoms with Crippen LogP contribution in [0.3, 0.4) is 0 Å². The predicted octanol–water partition coefficient (Wildman–Crippen LogP) is 2.39. The van der Waals surface area contributed by atoms with Gasteiger partial charge in [0.05, 0.1) is 11.6 Å². The highest BCUT2D eigenvalue weighted by atomic mass is 16.3. The van der Waals surface area contributed by atoms with Crippen LogP contribution in [-0.4, -0.2) is 15.2 Å². The maximum atomic E-state index is 9.35. The van der Waals surface area contributed by atoms with Gasteiger partial charge in [-0.1, -0.05) is 0 Å². The second-order valence-electron chi connectivity index (χ2n) is 3.33. The number of rotatable bonds is 0. The van der Waals surface area contributed by atoms with Gasteiger partial charge in [-0.2, -0.15) is 0 Å². The summed E-state index contributed by atoms with van der Waals surface area (Å²) in [5.41, 5.74) is 1.09. The molecule has 4 nitrogen and oxygen atoms in total. The average molecular weight is 201 g/mol. The molecule has 0 aliphatic carbocycles. The summed E-state index contributed by atoms with van der Waals surface area (Å²) >= 11 is 0. The fraction of sp³-hybridized carbons (Fsp3) is 0. The molecule has 0 saturated carbocycles. The van der Waals surface area contributed by atoms with Crippen LogP contribution in [-0.2, 0) is 0 Å². The Morgan fingerprint density at radius 3 is 2.67 bits per heavy atom. The molecule has 0 amide bonds. The van der Waals surface area contributed by atoms with E-state index in [-0.39, 0.29) is 11.5 Å². The molecule has 0 saturated heterocycles. The first-order valence-corrected chi connectivity index (χ1v) is 4.44. The number of phenols is 1. The third-order valence-corrected chi connectivity index (χ3v) is 2.30. The lowest BCUT2D eigenvalue weighted by Gasteiger charge is -1.91. The van der Waals surface area contributed by atoms with Gasteiger partial charge in [0.1, 0.15) is 17.1 Å². The molecule has 2 aromatic heterocycles. The summed E-state index contributed by atoms with van der Waals surface area (Å²) in [4.78, 5) is 3.95. The Balaban J connectivity index is 2.55. The molecule has 0 radical (unpaired) electrons. The third-order valence-electron chi connectivity index (χ3n) is 2.30. The van der Waals surface area contributed by atoms with Crippen molar-refractivity contribution in [3.05, 3.63) is 30.5 Å². The topological polar surface area (TPSA) is 66.5 Å². The Kier molecular flexibility index (Phi) is 1.42. The molecule has 0 atom stereocenters. The third kappa shape index (κ3) is 1.11. The molecule has 0 unspecified atom stereocenters. The zero-order chi connectivity index (χ0) is 10.4. The van der Waals surface area contributed by atoms with Crippen LogP contribution in [0.4, 0.5) is 0 Å². The van der Waals surface area contributed by atoms with Crippen molar-refractivity contribution in [1.29, 1.82) is 0 Å². The van der Waals surface area contributed by atoms with Gasteiger partial charge in [0, 0.05) is 5.39 Å². The Morgan fingerprint density at radius 2 is 1.80 bits per heavy atom. The molecule has 4 heteroatoms. The van der Waals surface area contributed by atoms with E-state index in [2.05, 4.69) is 4.98 Å². The second kappa shape index (κ2) is 2.63. The number of hydrogen-bond acceptors (Lipinski definition) is 4. The van der Waals surface area contributed by atoms with Crippen molar-refractivity contribution >= 4 is 22.1 Å². The maximum absolute atomic E-state index is 9.35. The van der Waals surface area contributed by atoms with E-state index >= 15 is 0 Å². The molecule has 3 rings (SSSR count). The molecule has 2 N–H and O–H groups in total. The van der Waals surface area contributed by atoms with Crippen molar-refractivity contribution in [2.45, 2.75) is 0 Å². The maximum Gasteiger partial charge on any atom is 0.227 e. The molecule has 3 aromatic rings. The first kappa shape index (κ1) is 8.11. The van der Waals surface area contributed by atoms with Crippen LogP contribution in [0.2, 0.25) is 0 Å². The van der Waals surface area contributed by atoms with Gasteiger partial charge in [0.2, 0.25) is 5.71 Å². The van der Waals surface area contributed by atoms with Crippen LogP contribution in [0.1, 0.15) is 0 Å². The molecule has 0 fully saturated rings. The van der Waals surface area contributed by atoms with Gasteiger partial charge >= 0.3 is 0 Å². The highest BCUT2D eigenvalue weighted by Crippen LogP contribution is 2.31. The lowest BCUT2D eigenvalue weighted by Crippen LogP contribution is -1.72. The zero-order valence-corrected chi connectivity index (χ0v) is 7.64. The van der Waals surface area contributed by atoms with E-state index < -0.39 is 0 Å². The molecule has 1 aromatic carbocycles. The molecule has 2 heterocycles. The van der Waals surface area contributed by atoms with Crippen molar-refractivity contribution in [1.82, 2.24) is 4.98 Å². The van der Waals surface area contributed by atoms with Gasteiger partial charge in [-0.15, -0.1) is 0 Å². The number of aromatic nitrogens is 1. The largest absolute Gasteiger partial charge is 0.508 e. The van der Waals surface area contributed by atoms with Crippen molar-refractivity contribution in [2.75, 3.05) is 0 Å². The van der Waals surface area contributed by atoms with Gasteiger partial charge in [0.25, 0.3) is 0 Å². The van der Waals surface area contributed by atoms with Crippen LogP contribution in [0, 0.1) is 0 Å². The van der Waals surface area contributed by atoms with Crippen molar-refractivity contribution in [2.24, 2.45) is 0 Å². The SMILES string of the molecule is Oc1ccc2oc3ncc(O)cc3c2c1. The molecule has 15 heavy (non-hydrogen) atoms. The van der Waals surface area contributed by atoms with Crippen LogP contribution < -0.4 is 0 Å². The van der Waals surface area contributed by atoms with Crippen LogP contribution in [0.15, 0.2) is 34.9 Å². The summed E-state index contributed by atoms with van der Waals surface area (Å²) < 4.78 is 5.43. The summed E-state index contributed by atoms with van der Waals surface area (Å²) in [5.74, 6) is 0.238. The highest BCUT2D eigenvalue weighted by Gasteiger charge is 2.08. The Bertz CT molecular complexity index is 601. The van der Waals surface area contributed by atoms with Gasteiger partial charge in [-0.25, -0.2) is 4.98 Å². The molecule has 74 valence electrons. The fourth-order valence-electron chi connectivity index (χ4n) is 1.64. The number of furan rings is 1. The van der Waals surface area contributed by atoms with Crippen molar-refractivity contribution < 1.29 is 14.6 Å². The van der Waals surface area contributed by atoms with E-state index in [4.69, 9.17) is 4.42 Å². The molecular weight excluding hydrogens is 194 g/mol. The first-order chi connectivity index (χ1) is 7.24.